The summed E-state index contributed by atoms with van der Waals surface area (Å²) in [5.41, 5.74) is 1.63. The monoisotopic (exact) mass is 425 g/mol. The Morgan fingerprint density at radius 3 is 2.41 bits per heavy atom. The van der Waals surface area contributed by atoms with Crippen molar-refractivity contribution in [2.75, 3.05) is 11.0 Å². The Labute approximate surface area is 162 Å². The number of para-hydroxylation sites is 1. The van der Waals surface area contributed by atoms with Crippen molar-refractivity contribution >= 4 is 37.3 Å². The van der Waals surface area contributed by atoms with Gasteiger partial charge in [0.05, 0.1) is 26.7 Å². The molecule has 0 unspecified atom stereocenters. The summed E-state index contributed by atoms with van der Waals surface area (Å²) in [7, 11) is -7.74. The smallest absolute Gasteiger partial charge is 0.263 e. The number of aryl methyl sites for hydroxylation is 1. The van der Waals surface area contributed by atoms with E-state index < -0.39 is 19.9 Å². The van der Waals surface area contributed by atoms with Gasteiger partial charge in [-0.25, -0.2) is 21.5 Å². The van der Waals surface area contributed by atoms with E-state index in [1.165, 1.54) is 29.1 Å². The van der Waals surface area contributed by atoms with Gasteiger partial charge >= 0.3 is 0 Å². The lowest BCUT2D eigenvalue weighted by Crippen LogP contribution is -2.16. The maximum Gasteiger partial charge on any atom is 0.263 e. The van der Waals surface area contributed by atoms with Crippen LogP contribution < -0.4 is 4.72 Å². The first-order chi connectivity index (χ1) is 12.6. The number of sulfonamides is 1. The van der Waals surface area contributed by atoms with Crippen LogP contribution in [-0.2, 0) is 19.9 Å². The number of rotatable bonds is 5. The number of aromatic nitrogens is 2. The highest BCUT2D eigenvalue weighted by atomic mass is 35.5. The topological polar surface area (TPSA) is 98.1 Å². The van der Waals surface area contributed by atoms with Gasteiger partial charge in [0.25, 0.3) is 10.0 Å². The molecule has 0 aliphatic carbocycles. The summed E-state index contributed by atoms with van der Waals surface area (Å²) in [5, 5.41) is 4.13. The van der Waals surface area contributed by atoms with Crippen molar-refractivity contribution < 1.29 is 16.8 Å². The second-order valence-corrected chi connectivity index (χ2v) is 9.96. The predicted molar refractivity (Wildman–Crippen MR) is 104 cm³/mol. The third kappa shape index (κ3) is 4.00. The fraction of sp³-hybridized carbons (Fsp3) is 0.118. The first kappa shape index (κ1) is 19.4. The molecule has 3 aromatic rings. The molecule has 3 rings (SSSR count). The number of hydrogen-bond acceptors (Lipinski definition) is 5. The second-order valence-electron chi connectivity index (χ2n) is 5.88. The van der Waals surface area contributed by atoms with Gasteiger partial charge in [-0.1, -0.05) is 29.8 Å². The molecule has 0 aliphatic heterocycles. The molecule has 1 aromatic heterocycles. The Hall–Kier alpha value is -2.36. The normalized spacial score (nSPS) is 12.1. The van der Waals surface area contributed by atoms with Gasteiger partial charge < -0.3 is 0 Å². The van der Waals surface area contributed by atoms with E-state index in [4.69, 9.17) is 11.6 Å². The van der Waals surface area contributed by atoms with E-state index in [1.807, 2.05) is 31.2 Å². The van der Waals surface area contributed by atoms with Gasteiger partial charge in [-0.05, 0) is 36.8 Å². The van der Waals surface area contributed by atoms with Gasteiger partial charge in [0, 0.05) is 12.3 Å². The van der Waals surface area contributed by atoms with E-state index in [-0.39, 0.29) is 20.6 Å². The highest BCUT2D eigenvalue weighted by molar-refractivity contribution is 7.93. The average Bonchev–Trinajstić information content (AvgIpc) is 3.01. The zero-order valence-corrected chi connectivity index (χ0v) is 16.8. The summed E-state index contributed by atoms with van der Waals surface area (Å²) in [6, 6.07) is 12.4. The molecular weight excluding hydrogens is 410 g/mol. The van der Waals surface area contributed by atoms with Gasteiger partial charge in [0.1, 0.15) is 5.82 Å². The minimum Gasteiger partial charge on any atom is -0.263 e. The second kappa shape index (κ2) is 6.99. The van der Waals surface area contributed by atoms with E-state index in [1.54, 1.807) is 0 Å². The third-order valence-corrected chi connectivity index (χ3v) is 6.77. The van der Waals surface area contributed by atoms with Crippen molar-refractivity contribution in [1.29, 1.82) is 0 Å². The number of hydrogen-bond donors (Lipinski definition) is 1. The first-order valence-electron chi connectivity index (χ1n) is 7.72. The zero-order chi connectivity index (χ0) is 19.8. The van der Waals surface area contributed by atoms with Crippen LogP contribution in [0.3, 0.4) is 0 Å². The molecule has 0 saturated heterocycles. The number of nitrogens with one attached hydrogen (secondary N) is 1. The molecule has 0 atom stereocenters. The molecule has 10 heteroatoms. The summed E-state index contributed by atoms with van der Waals surface area (Å²) in [5.74, 6) is 0.222. The number of sulfone groups is 1. The highest BCUT2D eigenvalue weighted by Crippen LogP contribution is 2.26. The number of anilines is 1. The van der Waals surface area contributed by atoms with Crippen LogP contribution in [0.2, 0.25) is 5.02 Å². The summed E-state index contributed by atoms with van der Waals surface area (Å²) in [6.07, 6.45) is 2.43. The summed E-state index contributed by atoms with van der Waals surface area (Å²) < 4.78 is 53.1. The molecule has 0 radical (unpaired) electrons. The SMILES string of the molecule is Cc1ccccc1-n1nccc1NS(=O)(=O)c1ccc(Cl)c(S(C)(=O)=O)c1. The van der Waals surface area contributed by atoms with E-state index >= 15 is 0 Å². The molecule has 0 aliphatic rings. The summed E-state index contributed by atoms with van der Waals surface area (Å²) in [6.45, 7) is 1.88. The van der Waals surface area contributed by atoms with Gasteiger partial charge in [0.15, 0.2) is 9.84 Å². The fourth-order valence-corrected chi connectivity index (χ4v) is 4.95. The number of halogens is 1. The quantitative estimate of drug-likeness (QED) is 0.677. The number of benzene rings is 2. The highest BCUT2D eigenvalue weighted by Gasteiger charge is 2.21. The van der Waals surface area contributed by atoms with E-state index in [9.17, 15) is 16.8 Å². The Bertz CT molecular complexity index is 1220. The molecule has 0 bridgehead atoms. The van der Waals surface area contributed by atoms with E-state index in [0.717, 1.165) is 17.9 Å². The van der Waals surface area contributed by atoms with Gasteiger partial charge in [-0.15, -0.1) is 0 Å². The van der Waals surface area contributed by atoms with Crippen LogP contribution in [0.25, 0.3) is 5.69 Å². The number of nitrogens with zero attached hydrogens (tertiary/aromatic N) is 2. The van der Waals surface area contributed by atoms with Crippen molar-refractivity contribution in [3.05, 3.63) is 65.3 Å². The van der Waals surface area contributed by atoms with Crippen LogP contribution in [0.4, 0.5) is 5.82 Å². The standard InChI is InChI=1S/C17H16ClN3O4S2/c1-12-5-3-4-6-15(12)21-17(9-10-19-21)20-27(24,25)13-7-8-14(18)16(11-13)26(2,22)23/h3-11,20H,1-2H3. The van der Waals surface area contributed by atoms with Crippen molar-refractivity contribution in [3.63, 3.8) is 0 Å². The maximum atomic E-state index is 12.8. The van der Waals surface area contributed by atoms with Crippen LogP contribution in [0, 0.1) is 6.92 Å². The molecule has 0 fully saturated rings. The fourth-order valence-electron chi connectivity index (χ4n) is 2.51. The average molecular weight is 426 g/mol. The summed E-state index contributed by atoms with van der Waals surface area (Å²) >= 11 is 5.89. The lowest BCUT2D eigenvalue weighted by molar-refractivity contribution is 0.599. The van der Waals surface area contributed by atoms with Crippen LogP contribution in [0.1, 0.15) is 5.56 Å². The zero-order valence-electron chi connectivity index (χ0n) is 14.4. The Morgan fingerprint density at radius 2 is 1.74 bits per heavy atom. The van der Waals surface area contributed by atoms with Gasteiger partial charge in [-0.3, -0.25) is 4.72 Å². The minimum atomic E-state index is -4.06. The van der Waals surface area contributed by atoms with Crippen molar-refractivity contribution in [3.8, 4) is 5.69 Å². The lowest BCUT2D eigenvalue weighted by Gasteiger charge is -2.13. The van der Waals surface area contributed by atoms with Crippen LogP contribution >= 0.6 is 11.6 Å². The van der Waals surface area contributed by atoms with Crippen LogP contribution in [-0.4, -0.2) is 32.9 Å². The largest absolute Gasteiger partial charge is 0.263 e. The van der Waals surface area contributed by atoms with Crippen molar-refractivity contribution in [2.45, 2.75) is 16.7 Å². The molecule has 1 N–H and O–H groups in total. The molecule has 0 spiro atoms. The Morgan fingerprint density at radius 1 is 1.04 bits per heavy atom. The molecule has 0 saturated carbocycles. The van der Waals surface area contributed by atoms with Gasteiger partial charge in [0.2, 0.25) is 0 Å². The molecule has 2 aromatic carbocycles. The van der Waals surface area contributed by atoms with Crippen LogP contribution in [0.15, 0.2) is 64.5 Å². The first-order valence-corrected chi connectivity index (χ1v) is 11.5. The molecular formula is C17H16ClN3O4S2. The molecule has 0 amide bonds. The molecule has 27 heavy (non-hydrogen) atoms. The summed E-state index contributed by atoms with van der Waals surface area (Å²) in [4.78, 5) is -0.468. The predicted octanol–water partition coefficient (Wildman–Crippen LogP) is 3.04. The third-order valence-electron chi connectivity index (χ3n) is 3.84. The maximum absolute atomic E-state index is 12.8. The van der Waals surface area contributed by atoms with Crippen molar-refractivity contribution in [2.24, 2.45) is 0 Å². The Balaban J connectivity index is 2.03. The molecule has 1 heterocycles. The van der Waals surface area contributed by atoms with Crippen molar-refractivity contribution in [1.82, 2.24) is 9.78 Å². The molecule has 7 nitrogen and oxygen atoms in total. The van der Waals surface area contributed by atoms with Gasteiger partial charge in [-0.2, -0.15) is 5.10 Å². The lowest BCUT2D eigenvalue weighted by atomic mass is 10.2. The van der Waals surface area contributed by atoms with Crippen LogP contribution in [0.5, 0.6) is 0 Å². The van der Waals surface area contributed by atoms with E-state index in [2.05, 4.69) is 9.82 Å². The minimum absolute atomic E-state index is 0.0404. The Kier molecular flexibility index (Phi) is 5.02. The van der Waals surface area contributed by atoms with E-state index in [0.29, 0.717) is 5.69 Å². The molecule has 142 valence electrons.